The molecule has 2 amide bonds. The highest BCUT2D eigenvalue weighted by atomic mass is 16.5. The Morgan fingerprint density at radius 3 is 2.67 bits per heavy atom. The summed E-state index contributed by atoms with van der Waals surface area (Å²) >= 11 is 0. The molecule has 4 heterocycles. The second-order valence-electron chi connectivity index (χ2n) is 7.45. The molecule has 0 bridgehead atoms. The lowest BCUT2D eigenvalue weighted by atomic mass is 10.1. The van der Waals surface area contributed by atoms with Gasteiger partial charge in [-0.25, -0.2) is 4.98 Å². The summed E-state index contributed by atoms with van der Waals surface area (Å²) in [4.78, 5) is 34.3. The van der Waals surface area contributed by atoms with Crippen LogP contribution in [0.3, 0.4) is 0 Å². The van der Waals surface area contributed by atoms with Crippen molar-refractivity contribution >= 4 is 23.1 Å². The number of benzene rings is 1. The maximum absolute atomic E-state index is 13.4. The normalized spacial score (nSPS) is 18.8. The second kappa shape index (κ2) is 7.46. The van der Waals surface area contributed by atoms with Gasteiger partial charge in [0.1, 0.15) is 17.1 Å². The molecule has 3 aromatic rings. The molecular weight excluding hydrogens is 384 g/mol. The molecule has 0 N–H and O–H groups in total. The van der Waals surface area contributed by atoms with Gasteiger partial charge in [-0.3, -0.25) is 14.5 Å². The SMILES string of the molecule is Cc1cccc2nc(C(=O)N3C[C@@H](C(=O)N4CCOCC4)Oc4ccccc43)cn12. The maximum Gasteiger partial charge on any atom is 0.278 e. The molecule has 2 aromatic heterocycles. The van der Waals surface area contributed by atoms with Crippen LogP contribution in [-0.4, -0.2) is 65.1 Å². The van der Waals surface area contributed by atoms with E-state index >= 15 is 0 Å². The second-order valence-corrected chi connectivity index (χ2v) is 7.45. The lowest BCUT2D eigenvalue weighted by molar-refractivity contribution is -0.142. The molecule has 1 atom stereocenters. The van der Waals surface area contributed by atoms with Crippen molar-refractivity contribution in [2.75, 3.05) is 37.7 Å². The van der Waals surface area contributed by atoms with E-state index in [1.807, 2.05) is 47.7 Å². The number of hydrogen-bond donors (Lipinski definition) is 0. The van der Waals surface area contributed by atoms with Crippen LogP contribution in [0.15, 0.2) is 48.7 Å². The van der Waals surface area contributed by atoms with Gasteiger partial charge in [0, 0.05) is 25.0 Å². The lowest BCUT2D eigenvalue weighted by Crippen LogP contribution is -2.54. The molecule has 8 nitrogen and oxygen atoms in total. The molecule has 0 unspecified atom stereocenters. The first-order valence-corrected chi connectivity index (χ1v) is 10.0. The molecule has 30 heavy (non-hydrogen) atoms. The number of para-hydroxylation sites is 2. The van der Waals surface area contributed by atoms with Gasteiger partial charge < -0.3 is 18.8 Å². The van der Waals surface area contributed by atoms with Gasteiger partial charge in [0.25, 0.3) is 11.8 Å². The molecule has 154 valence electrons. The molecule has 0 aliphatic carbocycles. The highest BCUT2D eigenvalue weighted by molar-refractivity contribution is 6.07. The minimum atomic E-state index is -0.763. The maximum atomic E-state index is 13.4. The zero-order valence-electron chi connectivity index (χ0n) is 16.7. The molecule has 1 aromatic carbocycles. The summed E-state index contributed by atoms with van der Waals surface area (Å²) in [6.07, 6.45) is 0.977. The Kier molecular flexibility index (Phi) is 4.63. The monoisotopic (exact) mass is 406 g/mol. The van der Waals surface area contributed by atoms with Crippen molar-refractivity contribution in [3.05, 3.63) is 60.0 Å². The first-order chi connectivity index (χ1) is 14.6. The summed E-state index contributed by atoms with van der Waals surface area (Å²) in [5, 5.41) is 0. The fraction of sp³-hybridized carbons (Fsp3) is 0.318. The molecule has 8 heteroatoms. The van der Waals surface area contributed by atoms with E-state index in [0.29, 0.717) is 49.1 Å². The molecule has 0 radical (unpaired) electrons. The first-order valence-electron chi connectivity index (χ1n) is 10.0. The predicted molar refractivity (Wildman–Crippen MR) is 110 cm³/mol. The summed E-state index contributed by atoms with van der Waals surface area (Å²) < 4.78 is 13.2. The van der Waals surface area contributed by atoms with E-state index in [1.165, 1.54) is 0 Å². The summed E-state index contributed by atoms with van der Waals surface area (Å²) in [6, 6.07) is 13.0. The van der Waals surface area contributed by atoms with Crippen LogP contribution in [0.5, 0.6) is 5.75 Å². The Bertz CT molecular complexity index is 1120. The van der Waals surface area contributed by atoms with E-state index < -0.39 is 6.10 Å². The minimum absolute atomic E-state index is 0.128. The van der Waals surface area contributed by atoms with Gasteiger partial charge in [-0.2, -0.15) is 0 Å². The van der Waals surface area contributed by atoms with Gasteiger partial charge >= 0.3 is 0 Å². The van der Waals surface area contributed by atoms with E-state index in [0.717, 1.165) is 5.69 Å². The molecule has 2 aliphatic rings. The van der Waals surface area contributed by atoms with E-state index in [-0.39, 0.29) is 18.4 Å². The van der Waals surface area contributed by atoms with Crippen molar-refractivity contribution in [1.82, 2.24) is 14.3 Å². The Balaban J connectivity index is 1.48. The third kappa shape index (κ3) is 3.19. The van der Waals surface area contributed by atoms with E-state index in [1.54, 1.807) is 22.1 Å². The number of carbonyl (C=O) groups is 2. The Labute approximate surface area is 173 Å². The number of imidazole rings is 1. The Morgan fingerprint density at radius 2 is 1.87 bits per heavy atom. The van der Waals surface area contributed by atoms with Crippen LogP contribution >= 0.6 is 0 Å². The van der Waals surface area contributed by atoms with Gasteiger partial charge in [0.15, 0.2) is 6.10 Å². The third-order valence-corrected chi connectivity index (χ3v) is 5.53. The van der Waals surface area contributed by atoms with E-state index in [4.69, 9.17) is 9.47 Å². The fourth-order valence-electron chi connectivity index (χ4n) is 3.93. The minimum Gasteiger partial charge on any atom is -0.476 e. The summed E-state index contributed by atoms with van der Waals surface area (Å²) in [5.74, 6) is 0.133. The summed E-state index contributed by atoms with van der Waals surface area (Å²) in [7, 11) is 0. The number of aromatic nitrogens is 2. The average molecular weight is 406 g/mol. The summed E-state index contributed by atoms with van der Waals surface area (Å²) in [6.45, 7) is 4.18. The van der Waals surface area contributed by atoms with Gasteiger partial charge in [-0.1, -0.05) is 18.2 Å². The van der Waals surface area contributed by atoms with Crippen molar-refractivity contribution in [1.29, 1.82) is 0 Å². The van der Waals surface area contributed by atoms with Gasteiger partial charge in [-0.05, 0) is 31.2 Å². The van der Waals surface area contributed by atoms with Crippen LogP contribution in [0.4, 0.5) is 5.69 Å². The van der Waals surface area contributed by atoms with Gasteiger partial charge in [0.05, 0.1) is 25.4 Å². The highest BCUT2D eigenvalue weighted by Crippen LogP contribution is 2.34. The highest BCUT2D eigenvalue weighted by Gasteiger charge is 2.37. The zero-order valence-corrected chi connectivity index (χ0v) is 16.7. The molecule has 1 saturated heterocycles. The fourth-order valence-corrected chi connectivity index (χ4v) is 3.93. The Hall–Kier alpha value is -3.39. The van der Waals surface area contributed by atoms with Crippen LogP contribution in [0.2, 0.25) is 0 Å². The van der Waals surface area contributed by atoms with Crippen LogP contribution in [0.25, 0.3) is 5.65 Å². The molecular formula is C22H22N4O4. The van der Waals surface area contributed by atoms with Gasteiger partial charge in [-0.15, -0.1) is 0 Å². The number of anilines is 1. The van der Waals surface area contributed by atoms with E-state index in [2.05, 4.69) is 4.98 Å². The van der Waals surface area contributed by atoms with Crippen molar-refractivity contribution in [3.63, 3.8) is 0 Å². The number of hydrogen-bond acceptors (Lipinski definition) is 5. The van der Waals surface area contributed by atoms with Crippen LogP contribution in [0.1, 0.15) is 16.2 Å². The number of aryl methyl sites for hydroxylation is 1. The number of ether oxygens (including phenoxy) is 2. The molecule has 0 spiro atoms. The largest absolute Gasteiger partial charge is 0.476 e. The Morgan fingerprint density at radius 1 is 1.07 bits per heavy atom. The number of nitrogens with zero attached hydrogens (tertiary/aromatic N) is 4. The number of morpholine rings is 1. The predicted octanol–water partition coefficient (Wildman–Crippen LogP) is 1.91. The number of fused-ring (bicyclic) bond motifs is 2. The molecule has 1 fully saturated rings. The number of amides is 2. The number of carbonyl (C=O) groups excluding carboxylic acids is 2. The van der Waals surface area contributed by atoms with Crippen molar-refractivity contribution in [2.24, 2.45) is 0 Å². The molecule has 0 saturated carbocycles. The third-order valence-electron chi connectivity index (χ3n) is 5.53. The van der Waals surface area contributed by atoms with Crippen molar-refractivity contribution in [3.8, 4) is 5.75 Å². The van der Waals surface area contributed by atoms with Gasteiger partial charge in [0.2, 0.25) is 0 Å². The first kappa shape index (κ1) is 18.6. The van der Waals surface area contributed by atoms with Crippen molar-refractivity contribution < 1.29 is 19.1 Å². The number of rotatable bonds is 2. The van der Waals surface area contributed by atoms with Crippen LogP contribution < -0.4 is 9.64 Å². The average Bonchev–Trinajstić information content (AvgIpc) is 3.24. The summed E-state index contributed by atoms with van der Waals surface area (Å²) in [5.41, 5.74) is 2.67. The smallest absolute Gasteiger partial charge is 0.278 e. The molecule has 5 rings (SSSR count). The zero-order chi connectivity index (χ0) is 20.7. The van der Waals surface area contributed by atoms with Crippen LogP contribution in [0, 0.1) is 6.92 Å². The van der Waals surface area contributed by atoms with E-state index in [9.17, 15) is 9.59 Å². The quantitative estimate of drug-likeness (QED) is 0.650. The topological polar surface area (TPSA) is 76.4 Å². The van der Waals surface area contributed by atoms with Crippen LogP contribution in [-0.2, 0) is 9.53 Å². The standard InChI is InChI=1S/C22H22N4O4/c1-15-5-4-8-20-23-16(13-25(15)20)21(27)26-14-19(22(28)24-9-11-29-12-10-24)30-18-7-3-2-6-17(18)26/h2-8,13,19H,9-12,14H2,1H3/t19-/m0/s1. The van der Waals surface area contributed by atoms with Crippen molar-refractivity contribution in [2.45, 2.75) is 13.0 Å². The lowest BCUT2D eigenvalue weighted by Gasteiger charge is -2.37. The molecule has 2 aliphatic heterocycles. The number of pyridine rings is 1.